The third kappa shape index (κ3) is 4.04. The first kappa shape index (κ1) is 22.8. The van der Waals surface area contributed by atoms with Crippen molar-refractivity contribution in [1.29, 1.82) is 0 Å². The Kier molecular flexibility index (Phi) is 6.24. The summed E-state index contributed by atoms with van der Waals surface area (Å²) in [5.41, 5.74) is 2.51. The van der Waals surface area contributed by atoms with Gasteiger partial charge >= 0.3 is 0 Å². The molecule has 0 bridgehead atoms. The van der Waals surface area contributed by atoms with Gasteiger partial charge in [-0.3, -0.25) is 18.9 Å². The SMILES string of the molecule is Cc1nc2ccccn2c1C(O)=C1C(=O)C(=O)N(CCN2CCOCC2)C1c1ccc(Br)cc1. The Hall–Kier alpha value is -3.01. The number of aliphatic hydroxyl groups excluding tert-OH is 1. The van der Waals surface area contributed by atoms with E-state index in [-0.39, 0.29) is 11.3 Å². The van der Waals surface area contributed by atoms with E-state index in [0.29, 0.717) is 43.3 Å². The first-order chi connectivity index (χ1) is 16.5. The number of carbonyl (C=O) groups is 2. The number of Topliss-reactive ketones (excluding diaryl/α,β-unsaturated/α-hetero) is 1. The molecule has 1 amide bonds. The van der Waals surface area contributed by atoms with Crippen LogP contribution in [0, 0.1) is 6.92 Å². The molecule has 2 aromatic heterocycles. The van der Waals surface area contributed by atoms with Gasteiger partial charge in [-0.2, -0.15) is 0 Å². The number of halogens is 1. The minimum absolute atomic E-state index is 0.0862. The highest BCUT2D eigenvalue weighted by Crippen LogP contribution is 2.40. The summed E-state index contributed by atoms with van der Waals surface area (Å²) >= 11 is 3.45. The molecule has 9 heteroatoms. The lowest BCUT2D eigenvalue weighted by Crippen LogP contribution is -2.42. The molecule has 2 fully saturated rings. The Morgan fingerprint density at radius 3 is 2.59 bits per heavy atom. The fourth-order valence-corrected chi connectivity index (χ4v) is 4.97. The Bertz CT molecular complexity index is 1280. The van der Waals surface area contributed by atoms with Gasteiger partial charge in [-0.25, -0.2) is 4.98 Å². The number of aliphatic hydroxyl groups is 1. The van der Waals surface area contributed by atoms with Crippen LogP contribution in [0.5, 0.6) is 0 Å². The van der Waals surface area contributed by atoms with E-state index in [9.17, 15) is 14.7 Å². The number of pyridine rings is 1. The number of carbonyl (C=O) groups excluding carboxylic acids is 2. The number of ether oxygens (including phenoxy) is 1. The van der Waals surface area contributed by atoms with Crippen LogP contribution in [0.2, 0.25) is 0 Å². The number of benzene rings is 1. The van der Waals surface area contributed by atoms with Crippen molar-refractivity contribution in [2.45, 2.75) is 13.0 Å². The second-order valence-corrected chi connectivity index (χ2v) is 9.39. The molecule has 0 aliphatic carbocycles. The summed E-state index contributed by atoms with van der Waals surface area (Å²) in [4.78, 5) is 34.8. The Labute approximate surface area is 205 Å². The molecule has 0 spiro atoms. The Balaban J connectivity index is 1.60. The first-order valence-electron chi connectivity index (χ1n) is 11.2. The largest absolute Gasteiger partial charge is 0.505 e. The van der Waals surface area contributed by atoms with E-state index in [1.54, 1.807) is 22.4 Å². The van der Waals surface area contributed by atoms with E-state index in [2.05, 4.69) is 25.8 Å². The van der Waals surface area contributed by atoms with E-state index in [1.807, 2.05) is 42.5 Å². The number of fused-ring (bicyclic) bond motifs is 1. The number of imidazole rings is 1. The summed E-state index contributed by atoms with van der Waals surface area (Å²) in [5, 5.41) is 11.5. The van der Waals surface area contributed by atoms with Crippen LogP contribution in [0.1, 0.15) is 23.0 Å². The second kappa shape index (κ2) is 9.32. The number of likely N-dealkylation sites (tertiary alicyclic amines) is 1. The molecule has 2 saturated heterocycles. The van der Waals surface area contributed by atoms with Crippen LogP contribution in [-0.4, -0.2) is 75.4 Å². The van der Waals surface area contributed by atoms with E-state index >= 15 is 0 Å². The maximum Gasteiger partial charge on any atom is 0.295 e. The number of ketones is 1. The van der Waals surface area contributed by atoms with Crippen molar-refractivity contribution in [3.05, 3.63) is 75.7 Å². The highest BCUT2D eigenvalue weighted by Gasteiger charge is 2.46. The van der Waals surface area contributed by atoms with Gasteiger partial charge in [0.2, 0.25) is 0 Å². The number of hydrogen-bond donors (Lipinski definition) is 1. The molecule has 3 aromatic rings. The highest BCUT2D eigenvalue weighted by molar-refractivity contribution is 9.10. The lowest BCUT2D eigenvalue weighted by Gasteiger charge is -2.31. The van der Waals surface area contributed by atoms with Crippen molar-refractivity contribution in [2.24, 2.45) is 0 Å². The number of aryl methyl sites for hydroxylation is 1. The van der Waals surface area contributed by atoms with E-state index in [4.69, 9.17) is 4.74 Å². The van der Waals surface area contributed by atoms with Gasteiger partial charge in [0.15, 0.2) is 5.76 Å². The molecular formula is C25H25BrN4O4. The molecule has 176 valence electrons. The smallest absolute Gasteiger partial charge is 0.295 e. The standard InChI is InChI=1S/C25H25BrN4O4/c1-16-21(29-9-3-2-4-19(29)27-16)23(31)20-22(17-5-7-18(26)8-6-17)30(25(33)24(20)32)11-10-28-12-14-34-15-13-28/h2-9,22,31H,10-15H2,1H3. The third-order valence-corrected chi connectivity index (χ3v) is 6.94. The van der Waals surface area contributed by atoms with Crippen molar-refractivity contribution in [1.82, 2.24) is 19.2 Å². The molecular weight excluding hydrogens is 500 g/mol. The van der Waals surface area contributed by atoms with Gasteiger partial charge in [0.25, 0.3) is 11.7 Å². The van der Waals surface area contributed by atoms with Crippen molar-refractivity contribution in [3.63, 3.8) is 0 Å². The Morgan fingerprint density at radius 2 is 1.85 bits per heavy atom. The van der Waals surface area contributed by atoms with E-state index < -0.39 is 17.7 Å². The summed E-state index contributed by atoms with van der Waals surface area (Å²) < 4.78 is 8.05. The summed E-state index contributed by atoms with van der Waals surface area (Å²) in [7, 11) is 0. The van der Waals surface area contributed by atoms with Gasteiger partial charge in [0, 0.05) is 36.8 Å². The molecule has 1 atom stereocenters. The zero-order chi connectivity index (χ0) is 23.8. The van der Waals surface area contributed by atoms with Crippen molar-refractivity contribution in [2.75, 3.05) is 39.4 Å². The predicted octanol–water partition coefficient (Wildman–Crippen LogP) is 3.16. The monoisotopic (exact) mass is 524 g/mol. The van der Waals surface area contributed by atoms with Crippen LogP contribution in [-0.2, 0) is 14.3 Å². The lowest BCUT2D eigenvalue weighted by molar-refractivity contribution is -0.140. The predicted molar refractivity (Wildman–Crippen MR) is 130 cm³/mol. The number of amides is 1. The van der Waals surface area contributed by atoms with Crippen LogP contribution >= 0.6 is 15.9 Å². The maximum atomic E-state index is 13.3. The molecule has 34 heavy (non-hydrogen) atoms. The average Bonchev–Trinajstić information content (AvgIpc) is 3.31. The van der Waals surface area contributed by atoms with Crippen LogP contribution in [0.3, 0.4) is 0 Å². The Morgan fingerprint density at radius 1 is 1.12 bits per heavy atom. The van der Waals surface area contributed by atoms with Gasteiger partial charge < -0.3 is 14.7 Å². The number of nitrogens with zero attached hydrogens (tertiary/aromatic N) is 4. The molecule has 2 aliphatic heterocycles. The quantitative estimate of drug-likeness (QED) is 0.313. The minimum atomic E-state index is -0.692. The molecule has 1 unspecified atom stereocenters. The number of morpholine rings is 1. The summed E-state index contributed by atoms with van der Waals surface area (Å²) in [6.45, 7) is 5.66. The fourth-order valence-electron chi connectivity index (χ4n) is 4.70. The average molecular weight is 525 g/mol. The van der Waals surface area contributed by atoms with Gasteiger partial charge in [-0.15, -0.1) is 0 Å². The van der Waals surface area contributed by atoms with Gasteiger partial charge in [-0.05, 0) is 36.8 Å². The maximum absolute atomic E-state index is 13.3. The molecule has 8 nitrogen and oxygen atoms in total. The van der Waals surface area contributed by atoms with Gasteiger partial charge in [-0.1, -0.05) is 34.1 Å². The van der Waals surface area contributed by atoms with Crippen molar-refractivity contribution in [3.8, 4) is 0 Å². The summed E-state index contributed by atoms with van der Waals surface area (Å²) in [6.07, 6.45) is 1.79. The molecule has 0 radical (unpaired) electrons. The number of aromatic nitrogens is 2. The zero-order valence-corrected chi connectivity index (χ0v) is 20.4. The highest BCUT2D eigenvalue weighted by atomic mass is 79.9. The molecule has 2 aliphatic rings. The summed E-state index contributed by atoms with van der Waals surface area (Å²) in [6, 6.07) is 12.3. The van der Waals surface area contributed by atoms with E-state index in [0.717, 1.165) is 23.1 Å². The molecule has 0 saturated carbocycles. The molecule has 5 rings (SSSR count). The van der Waals surface area contributed by atoms with Crippen LogP contribution in [0.4, 0.5) is 0 Å². The van der Waals surface area contributed by atoms with Crippen LogP contribution in [0.15, 0.2) is 58.7 Å². The van der Waals surface area contributed by atoms with Crippen molar-refractivity contribution < 1.29 is 19.4 Å². The van der Waals surface area contributed by atoms with Gasteiger partial charge in [0.1, 0.15) is 11.3 Å². The first-order valence-corrected chi connectivity index (χ1v) is 12.0. The normalized spacial score (nSPS) is 21.0. The minimum Gasteiger partial charge on any atom is -0.505 e. The molecule has 1 N–H and O–H groups in total. The van der Waals surface area contributed by atoms with Crippen LogP contribution < -0.4 is 0 Å². The zero-order valence-electron chi connectivity index (χ0n) is 18.8. The molecule has 1 aromatic carbocycles. The third-order valence-electron chi connectivity index (χ3n) is 6.42. The van der Waals surface area contributed by atoms with Crippen LogP contribution in [0.25, 0.3) is 11.4 Å². The van der Waals surface area contributed by atoms with E-state index in [1.165, 1.54) is 0 Å². The number of rotatable bonds is 5. The topological polar surface area (TPSA) is 87.4 Å². The lowest BCUT2D eigenvalue weighted by atomic mass is 9.96. The van der Waals surface area contributed by atoms with Crippen molar-refractivity contribution >= 4 is 39.0 Å². The van der Waals surface area contributed by atoms with Gasteiger partial charge in [0.05, 0.1) is 30.5 Å². The number of hydrogen-bond acceptors (Lipinski definition) is 6. The fraction of sp³-hybridized carbons (Fsp3) is 0.320. The second-order valence-electron chi connectivity index (χ2n) is 8.47. The summed E-state index contributed by atoms with van der Waals surface area (Å²) in [5.74, 6) is -1.50. The molecule has 4 heterocycles.